The van der Waals surface area contributed by atoms with Crippen molar-refractivity contribution in [1.29, 1.82) is 0 Å². The molecule has 230 valence electrons. The van der Waals surface area contributed by atoms with Crippen LogP contribution in [0.4, 0.5) is 0 Å². The number of aliphatic hydroxyl groups excluding tert-OH is 1. The maximum absolute atomic E-state index is 14.1. The Morgan fingerprint density at radius 3 is 2.41 bits per heavy atom. The Balaban J connectivity index is 1.45. The third-order valence-electron chi connectivity index (χ3n) is 8.82. The topological polar surface area (TPSA) is 186 Å². The van der Waals surface area contributed by atoms with Crippen molar-refractivity contribution in [3.05, 3.63) is 87.5 Å². The minimum absolute atomic E-state index is 0.0229. The first-order chi connectivity index (χ1) is 20.9. The van der Waals surface area contributed by atoms with Gasteiger partial charge in [0, 0.05) is 42.0 Å². The van der Waals surface area contributed by atoms with Crippen LogP contribution in [0.3, 0.4) is 0 Å². The molecule has 11 nitrogen and oxygen atoms in total. The molecule has 1 aliphatic heterocycles. The van der Waals surface area contributed by atoms with Gasteiger partial charge in [0.2, 0.25) is 5.78 Å². The second kappa shape index (κ2) is 11.1. The Hall–Kier alpha value is -4.13. The number of benzene rings is 3. The fraction of sp³-hybridized carbons (Fsp3) is 0.364. The van der Waals surface area contributed by atoms with E-state index in [1.54, 1.807) is 19.1 Å². The molecule has 6 rings (SSSR count). The van der Waals surface area contributed by atoms with Gasteiger partial charge < -0.3 is 40.4 Å². The number of phenolic OH excluding ortho intramolecular Hbond substituents is 2. The van der Waals surface area contributed by atoms with Crippen LogP contribution in [0.15, 0.2) is 48.5 Å². The Morgan fingerprint density at radius 2 is 1.73 bits per heavy atom. The molecule has 11 heteroatoms. The molecule has 1 fully saturated rings. The van der Waals surface area contributed by atoms with Crippen molar-refractivity contribution in [3.8, 4) is 17.2 Å². The van der Waals surface area contributed by atoms with Gasteiger partial charge >= 0.3 is 0 Å². The number of ketones is 3. The average Bonchev–Trinajstić information content (AvgIpc) is 2.99. The predicted octanol–water partition coefficient (Wildman–Crippen LogP) is 2.60. The number of carbonyl (C=O) groups excluding carboxylic acids is 3. The first-order valence-corrected chi connectivity index (χ1v) is 14.4. The molecule has 3 aliphatic rings. The minimum atomic E-state index is -2.02. The third-order valence-corrected chi connectivity index (χ3v) is 8.82. The number of hydrogen-bond acceptors (Lipinski definition) is 11. The molecule has 44 heavy (non-hydrogen) atoms. The third kappa shape index (κ3) is 4.86. The van der Waals surface area contributed by atoms with E-state index in [4.69, 9.17) is 19.9 Å². The number of ether oxygens (including phenoxy) is 3. The van der Waals surface area contributed by atoms with Crippen LogP contribution < -0.4 is 10.5 Å². The number of hydrogen-bond donors (Lipinski definition) is 5. The van der Waals surface area contributed by atoms with Crippen molar-refractivity contribution in [3.63, 3.8) is 0 Å². The van der Waals surface area contributed by atoms with Crippen molar-refractivity contribution in [2.75, 3.05) is 0 Å². The van der Waals surface area contributed by atoms with Crippen molar-refractivity contribution in [2.24, 2.45) is 5.73 Å². The van der Waals surface area contributed by atoms with Crippen LogP contribution in [0.2, 0.25) is 0 Å². The Labute approximate surface area is 252 Å². The number of phenols is 2. The Bertz CT molecular complexity index is 1660. The van der Waals surface area contributed by atoms with Crippen molar-refractivity contribution >= 4 is 17.3 Å². The van der Waals surface area contributed by atoms with E-state index in [0.29, 0.717) is 0 Å². The number of rotatable bonds is 6. The van der Waals surface area contributed by atoms with Gasteiger partial charge in [0.1, 0.15) is 29.5 Å². The summed E-state index contributed by atoms with van der Waals surface area (Å²) in [5.74, 6) is -3.21. The van der Waals surface area contributed by atoms with Gasteiger partial charge in [-0.25, -0.2) is 0 Å². The van der Waals surface area contributed by atoms with E-state index in [1.165, 1.54) is 13.0 Å². The molecule has 1 saturated heterocycles. The summed E-state index contributed by atoms with van der Waals surface area (Å²) < 4.78 is 17.9. The second-order valence-electron chi connectivity index (χ2n) is 11.7. The zero-order valence-electron chi connectivity index (χ0n) is 24.1. The molecular weight excluding hydrogens is 570 g/mol. The van der Waals surface area contributed by atoms with Gasteiger partial charge in [-0.1, -0.05) is 42.5 Å². The summed E-state index contributed by atoms with van der Waals surface area (Å²) in [4.78, 5) is 40.5. The molecule has 6 N–H and O–H groups in total. The van der Waals surface area contributed by atoms with E-state index < -0.39 is 82.6 Å². The van der Waals surface area contributed by atoms with Crippen LogP contribution in [0.5, 0.6) is 17.2 Å². The van der Waals surface area contributed by atoms with E-state index in [0.717, 1.165) is 5.56 Å². The molecule has 2 aliphatic carbocycles. The SMILES string of the molecule is CC(=O)[C@]1(O)Cc2c(O)c3c(c(O)c2[C@H](O[C@H]2C[C@@H](N)[C@@H](O)[C@H](C)O2)C1)C(=O)c1c(OCc2ccccc2)cccc1C3=O. The van der Waals surface area contributed by atoms with E-state index in [-0.39, 0.29) is 47.5 Å². The molecule has 3 aromatic carbocycles. The zero-order chi connectivity index (χ0) is 31.5. The smallest absolute Gasteiger partial charge is 0.202 e. The van der Waals surface area contributed by atoms with Crippen LogP contribution in [0.1, 0.15) is 81.3 Å². The average molecular weight is 604 g/mol. The lowest BCUT2D eigenvalue weighted by Crippen LogP contribution is -2.52. The summed E-state index contributed by atoms with van der Waals surface area (Å²) in [5, 5.41) is 44.8. The quantitative estimate of drug-likeness (QED) is 0.204. The standard InChI is InChI=1S/C33H33NO10/c1-15-28(36)20(34)11-23(43-15)44-22-13-33(41,16(2)35)12-19-25(22)32(40)27-26(30(19)38)29(37)18-9-6-10-21(24(18)31(27)39)42-14-17-7-4-3-5-8-17/h3-10,15,20,22-23,28,36,38,40-41H,11-14,34H2,1-2H3/t15-,20+,22+,23-,28-,33-/m0/s1. The maximum atomic E-state index is 14.1. The molecule has 0 bridgehead atoms. The lowest BCUT2D eigenvalue weighted by Gasteiger charge is -2.42. The van der Waals surface area contributed by atoms with Gasteiger partial charge in [-0.15, -0.1) is 0 Å². The first-order valence-electron chi connectivity index (χ1n) is 14.4. The first kappa shape index (κ1) is 29.9. The zero-order valence-corrected chi connectivity index (χ0v) is 24.1. The number of fused-ring (bicyclic) bond motifs is 3. The summed E-state index contributed by atoms with van der Waals surface area (Å²) in [6.07, 6.45) is -4.62. The Kier molecular flexibility index (Phi) is 7.55. The molecule has 6 atom stereocenters. The molecule has 1 heterocycles. The molecule has 3 aromatic rings. The summed E-state index contributed by atoms with van der Waals surface area (Å²) in [5.41, 5.74) is 3.79. The molecule has 0 aromatic heterocycles. The van der Waals surface area contributed by atoms with Gasteiger partial charge in [-0.3, -0.25) is 14.4 Å². The van der Waals surface area contributed by atoms with E-state index in [2.05, 4.69) is 0 Å². The lowest BCUT2D eigenvalue weighted by atomic mass is 9.72. The Morgan fingerprint density at radius 1 is 1.02 bits per heavy atom. The highest BCUT2D eigenvalue weighted by Gasteiger charge is 2.49. The van der Waals surface area contributed by atoms with Gasteiger partial charge in [0.25, 0.3) is 0 Å². The van der Waals surface area contributed by atoms with E-state index in [9.17, 15) is 34.8 Å². The maximum Gasteiger partial charge on any atom is 0.202 e. The fourth-order valence-corrected chi connectivity index (χ4v) is 6.34. The van der Waals surface area contributed by atoms with Crippen LogP contribution in [0, 0.1) is 0 Å². The summed E-state index contributed by atoms with van der Waals surface area (Å²) in [6.45, 7) is 2.91. The molecule has 0 radical (unpaired) electrons. The van der Waals surface area contributed by atoms with Crippen molar-refractivity contribution < 1.29 is 49.0 Å². The van der Waals surface area contributed by atoms with Gasteiger partial charge in [0.15, 0.2) is 17.9 Å². The molecule has 0 spiro atoms. The van der Waals surface area contributed by atoms with E-state index >= 15 is 0 Å². The van der Waals surface area contributed by atoms with Crippen LogP contribution >= 0.6 is 0 Å². The predicted molar refractivity (Wildman–Crippen MR) is 155 cm³/mol. The number of Topliss-reactive ketones (excluding diaryl/α,β-unsaturated/α-hetero) is 1. The van der Waals surface area contributed by atoms with Crippen LogP contribution in [-0.4, -0.2) is 67.9 Å². The molecule has 0 unspecified atom stereocenters. The minimum Gasteiger partial charge on any atom is -0.507 e. The van der Waals surface area contributed by atoms with Crippen molar-refractivity contribution in [2.45, 2.75) is 76.0 Å². The highest BCUT2D eigenvalue weighted by molar-refractivity contribution is 6.31. The number of carbonyl (C=O) groups is 3. The normalized spacial score (nSPS) is 27.7. The number of aliphatic hydroxyl groups is 2. The highest BCUT2D eigenvalue weighted by atomic mass is 16.7. The van der Waals surface area contributed by atoms with Crippen LogP contribution in [-0.2, 0) is 27.3 Å². The largest absolute Gasteiger partial charge is 0.507 e. The molecule has 0 saturated carbocycles. The highest BCUT2D eigenvalue weighted by Crippen LogP contribution is 2.52. The van der Waals surface area contributed by atoms with Gasteiger partial charge in [0.05, 0.1) is 35.0 Å². The van der Waals surface area contributed by atoms with Crippen molar-refractivity contribution in [1.82, 2.24) is 0 Å². The van der Waals surface area contributed by atoms with Gasteiger partial charge in [-0.2, -0.15) is 0 Å². The number of nitrogens with two attached hydrogens (primary N) is 1. The van der Waals surface area contributed by atoms with E-state index in [1.807, 2.05) is 30.3 Å². The monoisotopic (exact) mass is 603 g/mol. The van der Waals surface area contributed by atoms with Gasteiger partial charge in [-0.05, 0) is 25.5 Å². The summed E-state index contributed by atoms with van der Waals surface area (Å²) in [6, 6.07) is 13.1. The summed E-state index contributed by atoms with van der Waals surface area (Å²) in [7, 11) is 0. The van der Waals surface area contributed by atoms with Crippen LogP contribution in [0.25, 0.3) is 0 Å². The molecule has 0 amide bonds. The fourth-order valence-electron chi connectivity index (χ4n) is 6.34. The molecular formula is C33H33NO10. The lowest BCUT2D eigenvalue weighted by molar-refractivity contribution is -0.247. The summed E-state index contributed by atoms with van der Waals surface area (Å²) >= 11 is 0. The second-order valence-corrected chi connectivity index (χ2v) is 11.7. The number of aromatic hydroxyl groups is 2.